The smallest absolute Gasteiger partial charge is 0.0106 e. The van der Waals surface area contributed by atoms with Gasteiger partial charge in [-0.05, 0) is 25.5 Å². The number of hydrogen-bond donors (Lipinski definition) is 0. The van der Waals surface area contributed by atoms with Crippen LogP contribution in [-0.2, 0) is 0 Å². The van der Waals surface area contributed by atoms with Crippen molar-refractivity contribution < 1.29 is 0 Å². The predicted octanol–water partition coefficient (Wildman–Crippen LogP) is 3.80. The summed E-state index contributed by atoms with van der Waals surface area (Å²) in [5.41, 5.74) is 2.74. The van der Waals surface area contributed by atoms with Gasteiger partial charge in [0.25, 0.3) is 0 Å². The summed E-state index contributed by atoms with van der Waals surface area (Å²) in [6.07, 6.45) is 0. The molecule has 66 valence electrons. The largest absolute Gasteiger partial charge is 0.123 e. The Hall–Kier alpha value is -0.430. The van der Waals surface area contributed by atoms with Crippen LogP contribution in [0.25, 0.3) is 0 Å². The Kier molecular flexibility index (Phi) is 3.21. The molecule has 0 heterocycles. The third-order valence-corrected chi connectivity index (χ3v) is 2.87. The third-order valence-electron chi connectivity index (χ3n) is 1.71. The van der Waals surface area contributed by atoms with Gasteiger partial charge in [0.1, 0.15) is 0 Å². The molecule has 0 radical (unpaired) electrons. The highest BCUT2D eigenvalue weighted by Gasteiger charge is 2.01. The van der Waals surface area contributed by atoms with Gasteiger partial charge >= 0.3 is 0 Å². The predicted molar refractivity (Wildman–Crippen MR) is 56.9 cm³/mol. The molecule has 0 nitrogen and oxygen atoms in total. The maximum absolute atomic E-state index is 2.26. The lowest BCUT2D eigenvalue weighted by Gasteiger charge is -2.08. The standard InChI is InChI=1S/C11H16S/c1-8(2)12-11-7-9(3)5-6-10(11)4/h5-8H,1-4H3. The van der Waals surface area contributed by atoms with Crippen LogP contribution < -0.4 is 0 Å². The molecule has 0 fully saturated rings. The Morgan fingerprint density at radius 2 is 1.83 bits per heavy atom. The van der Waals surface area contributed by atoms with Gasteiger partial charge in [0.15, 0.2) is 0 Å². The molecule has 0 spiro atoms. The van der Waals surface area contributed by atoms with E-state index in [2.05, 4.69) is 45.9 Å². The maximum Gasteiger partial charge on any atom is 0.0106 e. The van der Waals surface area contributed by atoms with Crippen molar-refractivity contribution in [1.29, 1.82) is 0 Å². The van der Waals surface area contributed by atoms with Gasteiger partial charge in [-0.2, -0.15) is 0 Å². The summed E-state index contributed by atoms with van der Waals surface area (Å²) in [6.45, 7) is 8.77. The van der Waals surface area contributed by atoms with Crippen LogP contribution in [0, 0.1) is 13.8 Å². The van der Waals surface area contributed by atoms with Crippen LogP contribution in [0.4, 0.5) is 0 Å². The Balaban J connectivity index is 2.90. The van der Waals surface area contributed by atoms with Crippen LogP contribution in [0.2, 0.25) is 0 Å². The molecule has 0 aliphatic heterocycles. The minimum atomic E-state index is 0.672. The van der Waals surface area contributed by atoms with Crippen molar-refractivity contribution in [1.82, 2.24) is 0 Å². The van der Waals surface area contributed by atoms with Gasteiger partial charge < -0.3 is 0 Å². The number of benzene rings is 1. The number of rotatable bonds is 2. The molecule has 0 aliphatic carbocycles. The normalized spacial score (nSPS) is 10.8. The molecule has 1 aromatic rings. The summed E-state index contributed by atoms with van der Waals surface area (Å²) in [4.78, 5) is 1.42. The van der Waals surface area contributed by atoms with E-state index in [0.29, 0.717) is 5.25 Å². The molecular formula is C11H16S. The first-order chi connectivity index (χ1) is 5.59. The molecule has 0 bridgehead atoms. The van der Waals surface area contributed by atoms with E-state index in [1.54, 1.807) is 0 Å². The molecule has 0 saturated carbocycles. The highest BCUT2D eigenvalue weighted by molar-refractivity contribution is 8.00. The molecule has 1 heteroatoms. The average Bonchev–Trinajstić information content (AvgIpc) is 1.96. The van der Waals surface area contributed by atoms with Gasteiger partial charge in [0.05, 0.1) is 0 Å². The fourth-order valence-electron chi connectivity index (χ4n) is 1.09. The van der Waals surface area contributed by atoms with Crippen LogP contribution in [0.15, 0.2) is 23.1 Å². The Bertz CT molecular complexity index is 264. The van der Waals surface area contributed by atoms with Crippen molar-refractivity contribution in [3.8, 4) is 0 Å². The molecule has 1 aromatic carbocycles. The van der Waals surface area contributed by atoms with Crippen LogP contribution >= 0.6 is 11.8 Å². The van der Waals surface area contributed by atoms with Crippen LogP contribution in [0.5, 0.6) is 0 Å². The Morgan fingerprint density at radius 1 is 1.17 bits per heavy atom. The van der Waals surface area contributed by atoms with Crippen molar-refractivity contribution in [2.45, 2.75) is 37.8 Å². The lowest BCUT2D eigenvalue weighted by molar-refractivity contribution is 1.10. The summed E-state index contributed by atoms with van der Waals surface area (Å²) in [7, 11) is 0. The molecular weight excluding hydrogens is 164 g/mol. The van der Waals surface area contributed by atoms with E-state index in [0.717, 1.165) is 0 Å². The van der Waals surface area contributed by atoms with Crippen LogP contribution in [0.1, 0.15) is 25.0 Å². The second kappa shape index (κ2) is 3.99. The van der Waals surface area contributed by atoms with E-state index in [1.165, 1.54) is 16.0 Å². The Labute approximate surface area is 79.4 Å². The lowest BCUT2D eigenvalue weighted by atomic mass is 10.2. The molecule has 1 rings (SSSR count). The van der Waals surface area contributed by atoms with Crippen molar-refractivity contribution in [3.05, 3.63) is 29.3 Å². The minimum Gasteiger partial charge on any atom is -0.123 e. The molecule has 0 atom stereocenters. The maximum atomic E-state index is 2.26. The van der Waals surface area contributed by atoms with Crippen molar-refractivity contribution >= 4 is 11.8 Å². The fraction of sp³-hybridized carbons (Fsp3) is 0.455. The quantitative estimate of drug-likeness (QED) is 0.624. The van der Waals surface area contributed by atoms with Gasteiger partial charge in [-0.25, -0.2) is 0 Å². The highest BCUT2D eigenvalue weighted by atomic mass is 32.2. The van der Waals surface area contributed by atoms with Crippen LogP contribution in [-0.4, -0.2) is 5.25 Å². The fourth-order valence-corrected chi connectivity index (χ4v) is 2.10. The van der Waals surface area contributed by atoms with Gasteiger partial charge in [0.2, 0.25) is 0 Å². The summed E-state index contributed by atoms with van der Waals surface area (Å²) in [6, 6.07) is 6.62. The van der Waals surface area contributed by atoms with Crippen molar-refractivity contribution in [2.24, 2.45) is 0 Å². The van der Waals surface area contributed by atoms with E-state index in [-0.39, 0.29) is 0 Å². The third kappa shape index (κ3) is 2.56. The second-order valence-corrected chi connectivity index (χ2v) is 5.05. The number of thioether (sulfide) groups is 1. The van der Waals surface area contributed by atoms with Gasteiger partial charge in [-0.15, -0.1) is 11.8 Å². The average molecular weight is 180 g/mol. The molecule has 0 N–H and O–H groups in total. The van der Waals surface area contributed by atoms with Crippen molar-refractivity contribution in [3.63, 3.8) is 0 Å². The molecule has 12 heavy (non-hydrogen) atoms. The monoisotopic (exact) mass is 180 g/mol. The van der Waals surface area contributed by atoms with Gasteiger partial charge in [-0.1, -0.05) is 31.5 Å². The second-order valence-electron chi connectivity index (χ2n) is 3.44. The van der Waals surface area contributed by atoms with E-state index in [4.69, 9.17) is 0 Å². The zero-order valence-electron chi connectivity index (χ0n) is 8.22. The molecule has 0 aromatic heterocycles. The van der Waals surface area contributed by atoms with E-state index >= 15 is 0 Å². The van der Waals surface area contributed by atoms with Crippen LogP contribution in [0.3, 0.4) is 0 Å². The first-order valence-electron chi connectivity index (χ1n) is 4.33. The van der Waals surface area contributed by atoms with Gasteiger partial charge in [-0.3, -0.25) is 0 Å². The van der Waals surface area contributed by atoms with E-state index in [9.17, 15) is 0 Å². The summed E-state index contributed by atoms with van der Waals surface area (Å²) in [5.74, 6) is 0. The molecule has 0 aliphatic rings. The zero-order chi connectivity index (χ0) is 9.14. The van der Waals surface area contributed by atoms with Crippen molar-refractivity contribution in [2.75, 3.05) is 0 Å². The Morgan fingerprint density at radius 3 is 2.42 bits per heavy atom. The first kappa shape index (κ1) is 9.66. The van der Waals surface area contributed by atoms with E-state index < -0.39 is 0 Å². The van der Waals surface area contributed by atoms with Gasteiger partial charge in [0, 0.05) is 10.1 Å². The molecule has 0 saturated heterocycles. The molecule has 0 amide bonds. The molecule has 0 unspecified atom stereocenters. The van der Waals surface area contributed by atoms with E-state index in [1.807, 2.05) is 11.8 Å². The highest BCUT2D eigenvalue weighted by Crippen LogP contribution is 2.26. The topological polar surface area (TPSA) is 0 Å². The summed E-state index contributed by atoms with van der Waals surface area (Å²) < 4.78 is 0. The summed E-state index contributed by atoms with van der Waals surface area (Å²) >= 11 is 1.94. The zero-order valence-corrected chi connectivity index (χ0v) is 9.03. The number of hydrogen-bond acceptors (Lipinski definition) is 1. The minimum absolute atomic E-state index is 0.672. The SMILES string of the molecule is Cc1ccc(C)c(SC(C)C)c1. The number of aryl methyl sites for hydroxylation is 2. The first-order valence-corrected chi connectivity index (χ1v) is 5.21. The lowest BCUT2D eigenvalue weighted by Crippen LogP contribution is -1.88. The summed E-state index contributed by atoms with van der Waals surface area (Å²) in [5, 5.41) is 0.672.